The molecule has 1 aromatic carbocycles. The van der Waals surface area contributed by atoms with Crippen LogP contribution in [-0.4, -0.2) is 140 Å². The minimum atomic E-state index is -1.88. The van der Waals surface area contributed by atoms with Gasteiger partial charge in [0, 0.05) is 76.0 Å². The lowest BCUT2D eigenvalue weighted by molar-refractivity contribution is -0.320. The van der Waals surface area contributed by atoms with E-state index in [1.54, 1.807) is 45.6 Å². The summed E-state index contributed by atoms with van der Waals surface area (Å²) in [5, 5.41) is 49.9. The summed E-state index contributed by atoms with van der Waals surface area (Å²) in [7, 11) is 7.80. The fourth-order valence-electron chi connectivity index (χ4n) is 12.1. The highest BCUT2D eigenvalue weighted by atomic mass is 16.6. The molecule has 0 amide bonds. The molecular weight excluding hydrogens is 586 g/mol. The van der Waals surface area contributed by atoms with Gasteiger partial charge >= 0.3 is 5.97 Å². The maximum absolute atomic E-state index is 13.7. The fraction of sp³-hybridized carbons (Fsp3) is 0.788. The van der Waals surface area contributed by atoms with Crippen molar-refractivity contribution < 1.29 is 53.6 Å². The average Bonchev–Trinajstić information content (AvgIpc) is 3.42. The summed E-state index contributed by atoms with van der Waals surface area (Å²) in [5.41, 5.74) is -4.96. The summed E-state index contributed by atoms with van der Waals surface area (Å²) in [5.74, 6) is -2.50. The number of esters is 1. The predicted octanol–water partition coefficient (Wildman–Crippen LogP) is 0.0859. The van der Waals surface area contributed by atoms with Crippen LogP contribution in [0.2, 0.25) is 0 Å². The van der Waals surface area contributed by atoms with Gasteiger partial charge in [0.05, 0.1) is 37.6 Å². The van der Waals surface area contributed by atoms with Crippen LogP contribution >= 0.6 is 0 Å². The molecule has 5 saturated carbocycles. The quantitative estimate of drug-likeness (QED) is 0.272. The van der Waals surface area contributed by atoms with Crippen molar-refractivity contribution in [2.75, 3.05) is 55.2 Å². The Balaban J connectivity index is 1.45. The highest BCUT2D eigenvalue weighted by Crippen LogP contribution is 2.80. The first-order valence-electron chi connectivity index (χ1n) is 16.0. The molecule has 4 N–H and O–H groups in total. The molecule has 6 aliphatic rings. The zero-order valence-electron chi connectivity index (χ0n) is 26.8. The van der Waals surface area contributed by atoms with Gasteiger partial charge < -0.3 is 48.8 Å². The maximum atomic E-state index is 13.7. The molecule has 0 radical (unpaired) electrons. The summed E-state index contributed by atoms with van der Waals surface area (Å²) in [4.78, 5) is 16.0. The van der Waals surface area contributed by atoms with Crippen molar-refractivity contribution in [1.29, 1.82) is 0 Å². The van der Waals surface area contributed by atoms with Crippen LogP contribution in [0.4, 0.5) is 0 Å². The van der Waals surface area contributed by atoms with Crippen LogP contribution in [0.25, 0.3) is 0 Å². The predicted molar refractivity (Wildman–Crippen MR) is 157 cm³/mol. The largest absolute Gasteiger partial charge is 0.497 e. The van der Waals surface area contributed by atoms with E-state index in [1.807, 2.05) is 6.92 Å². The topological polar surface area (TPSA) is 157 Å². The Morgan fingerprint density at radius 2 is 1.69 bits per heavy atom. The fourth-order valence-corrected chi connectivity index (χ4v) is 12.1. The van der Waals surface area contributed by atoms with Crippen LogP contribution in [0.5, 0.6) is 5.75 Å². The van der Waals surface area contributed by atoms with Gasteiger partial charge in [0.1, 0.15) is 35.3 Å². The van der Waals surface area contributed by atoms with Crippen LogP contribution in [-0.2, 0) is 23.7 Å². The van der Waals surface area contributed by atoms with Gasteiger partial charge in [0.2, 0.25) is 0 Å². The lowest BCUT2D eigenvalue weighted by atomic mass is 9.42. The molecule has 45 heavy (non-hydrogen) atoms. The first-order valence-corrected chi connectivity index (χ1v) is 16.0. The van der Waals surface area contributed by atoms with E-state index in [0.29, 0.717) is 25.3 Å². The van der Waals surface area contributed by atoms with Gasteiger partial charge in [-0.2, -0.15) is 0 Å². The second kappa shape index (κ2) is 10.6. The summed E-state index contributed by atoms with van der Waals surface area (Å²) in [6.07, 6.45) is -5.43. The molecule has 250 valence electrons. The van der Waals surface area contributed by atoms with Gasteiger partial charge in [0.15, 0.2) is 0 Å². The smallest absolute Gasteiger partial charge is 0.338 e. The van der Waals surface area contributed by atoms with Crippen molar-refractivity contribution in [2.45, 2.75) is 73.6 Å². The molecular formula is C33H47NO11. The number of rotatable bonds is 9. The van der Waals surface area contributed by atoms with Crippen molar-refractivity contribution in [3.8, 4) is 5.75 Å². The number of aliphatic hydroxyl groups excluding tert-OH is 2. The van der Waals surface area contributed by atoms with Crippen LogP contribution in [0, 0.1) is 34.5 Å². The zero-order valence-corrected chi connectivity index (χ0v) is 26.8. The van der Waals surface area contributed by atoms with Gasteiger partial charge in [0.25, 0.3) is 0 Å². The summed E-state index contributed by atoms with van der Waals surface area (Å²) in [6.45, 7) is 3.43. The number of fused-ring (bicyclic) bond motifs is 2. The number of nitrogens with zero attached hydrogens (tertiary/aromatic N) is 1. The second-order valence-electron chi connectivity index (χ2n) is 14.2. The number of hydrogen-bond donors (Lipinski definition) is 4. The Hall–Kier alpha value is -1.87. The van der Waals surface area contributed by atoms with Gasteiger partial charge in [-0.05, 0) is 43.1 Å². The lowest BCUT2D eigenvalue weighted by Crippen LogP contribution is -2.81. The third-order valence-corrected chi connectivity index (χ3v) is 13.2. The molecule has 3 unspecified atom stereocenters. The standard InChI is InChI=1S/C33H47NO11/c1-7-34-14-30(15-40-2)19(35)12-20(42-4)32-18-13-31(38)27(45-29(37)16-8-10-17(41-3)11-9-16)21(18)33(39,26(36)28(31)44-6)22(25(32)34)23(43-5)24(30)32/h8-11,18-28,35-36,38-39H,7,12-15H2,1-6H3/t18-,19+,20-,21+,22?,23-,24+,25?,26-,27+,28-,30-,31-,32?,33+/m0/s1. The van der Waals surface area contributed by atoms with E-state index in [4.69, 9.17) is 28.4 Å². The van der Waals surface area contributed by atoms with E-state index in [9.17, 15) is 25.2 Å². The van der Waals surface area contributed by atoms with Gasteiger partial charge in [-0.1, -0.05) is 6.92 Å². The Morgan fingerprint density at radius 3 is 2.27 bits per heavy atom. The second-order valence-corrected chi connectivity index (χ2v) is 14.2. The summed E-state index contributed by atoms with van der Waals surface area (Å²) < 4.78 is 35.8. The molecule has 5 aliphatic carbocycles. The first-order chi connectivity index (χ1) is 21.5. The van der Waals surface area contributed by atoms with Crippen LogP contribution in [0.3, 0.4) is 0 Å². The molecule has 12 nitrogen and oxygen atoms in total. The van der Waals surface area contributed by atoms with Crippen molar-refractivity contribution >= 4 is 5.97 Å². The van der Waals surface area contributed by atoms with Crippen molar-refractivity contribution in [3.05, 3.63) is 29.8 Å². The van der Waals surface area contributed by atoms with Crippen molar-refractivity contribution in [1.82, 2.24) is 4.90 Å². The molecule has 6 fully saturated rings. The molecule has 12 heteroatoms. The van der Waals surface area contributed by atoms with E-state index >= 15 is 0 Å². The highest BCUT2D eigenvalue weighted by molar-refractivity contribution is 5.89. The van der Waals surface area contributed by atoms with Crippen LogP contribution in [0.15, 0.2) is 24.3 Å². The average molecular weight is 634 g/mol. The highest BCUT2D eigenvalue weighted by Gasteiger charge is 2.91. The Morgan fingerprint density at radius 1 is 0.978 bits per heavy atom. The molecule has 7 rings (SSSR count). The number of carbonyl (C=O) groups excluding carboxylic acids is 1. The number of aliphatic hydroxyl groups is 4. The first kappa shape index (κ1) is 31.7. The molecule has 1 aliphatic heterocycles. The van der Waals surface area contributed by atoms with E-state index in [1.165, 1.54) is 14.2 Å². The SMILES string of the molecule is CCN1C[C@]2(COC)[C@H](O)C[C@H](OC)C34C1C([C@H](OC)[C@@H]32)[C@]1(O)[C@H]2[C@@H](OC(=O)c3ccc(OC)cc3)[C@@](O)(C[C@@H]24)[C@@H](OC)[C@@H]1O. The Labute approximate surface area is 263 Å². The Bertz CT molecular complexity index is 1310. The number of benzene rings is 1. The number of piperidine rings is 1. The van der Waals surface area contributed by atoms with E-state index in [-0.39, 0.29) is 30.6 Å². The van der Waals surface area contributed by atoms with E-state index in [2.05, 4.69) is 4.90 Å². The van der Waals surface area contributed by atoms with Crippen LogP contribution in [0.1, 0.15) is 30.1 Å². The zero-order chi connectivity index (χ0) is 32.3. The molecule has 1 heterocycles. The number of carbonyl (C=O) groups is 1. The minimum absolute atomic E-state index is 0.0861. The molecule has 15 atom stereocenters. The van der Waals surface area contributed by atoms with Gasteiger partial charge in [-0.15, -0.1) is 0 Å². The third kappa shape index (κ3) is 3.56. The lowest BCUT2D eigenvalue weighted by Gasteiger charge is -2.70. The minimum Gasteiger partial charge on any atom is -0.497 e. The number of methoxy groups -OCH3 is 5. The van der Waals surface area contributed by atoms with Crippen molar-refractivity contribution in [2.24, 2.45) is 34.5 Å². The monoisotopic (exact) mass is 633 g/mol. The molecule has 1 aromatic rings. The molecule has 1 saturated heterocycles. The molecule has 1 spiro atoms. The normalized spacial score (nSPS) is 50.8. The summed E-state index contributed by atoms with van der Waals surface area (Å²) in [6, 6.07) is 6.16. The number of hydrogen-bond acceptors (Lipinski definition) is 12. The number of ether oxygens (including phenoxy) is 6. The van der Waals surface area contributed by atoms with E-state index < -0.39 is 82.4 Å². The van der Waals surface area contributed by atoms with Gasteiger partial charge in [-0.3, -0.25) is 4.90 Å². The Kier molecular flexibility index (Phi) is 7.45. The van der Waals surface area contributed by atoms with Crippen LogP contribution < -0.4 is 4.74 Å². The number of likely N-dealkylation sites (tertiary alicyclic amines) is 1. The van der Waals surface area contributed by atoms with E-state index in [0.717, 1.165) is 0 Å². The summed E-state index contributed by atoms with van der Waals surface area (Å²) >= 11 is 0. The maximum Gasteiger partial charge on any atom is 0.338 e. The van der Waals surface area contributed by atoms with Crippen molar-refractivity contribution in [3.63, 3.8) is 0 Å². The van der Waals surface area contributed by atoms with Gasteiger partial charge in [-0.25, -0.2) is 4.79 Å². The third-order valence-electron chi connectivity index (χ3n) is 13.2. The molecule has 0 aromatic heterocycles. The molecule has 7 bridgehead atoms.